The first-order chi connectivity index (χ1) is 9.18. The van der Waals surface area contributed by atoms with Gasteiger partial charge in [0, 0.05) is 0 Å². The van der Waals surface area contributed by atoms with Crippen LogP contribution >= 0.6 is 11.6 Å². The Balaban J connectivity index is 2.32. The third-order valence-corrected chi connectivity index (χ3v) is 4.12. The smallest absolute Gasteiger partial charge is 0.489 e. The first-order valence-corrected chi connectivity index (χ1v) is 7.03. The molecule has 6 heteroatoms. The van der Waals surface area contributed by atoms with Crippen LogP contribution in [0.15, 0.2) is 12.1 Å². The minimum Gasteiger partial charge on any atom is -0.489 e. The molecule has 1 saturated heterocycles. The number of hydrogen-bond acceptors (Lipinski definition) is 3. The lowest BCUT2D eigenvalue weighted by Crippen LogP contribution is -2.41. The average Bonchev–Trinajstić information content (AvgIpc) is 2.53. The fourth-order valence-electron chi connectivity index (χ4n) is 1.98. The van der Waals surface area contributed by atoms with Crippen molar-refractivity contribution < 1.29 is 18.4 Å². The van der Waals surface area contributed by atoms with Gasteiger partial charge in [0.2, 0.25) is 0 Å². The van der Waals surface area contributed by atoms with Gasteiger partial charge in [0.05, 0.1) is 22.8 Å². The summed E-state index contributed by atoms with van der Waals surface area (Å²) < 4.78 is 30.9. The molecule has 1 heterocycles. The maximum atomic E-state index is 14.0. The van der Waals surface area contributed by atoms with Crippen LogP contribution in [0, 0.1) is 5.82 Å². The summed E-state index contributed by atoms with van der Waals surface area (Å²) >= 11 is 6.06. The lowest BCUT2D eigenvalue weighted by molar-refractivity contribution is 0.00578. The molecule has 0 bridgehead atoms. The molecule has 0 aromatic heterocycles. The second-order valence-corrected chi connectivity index (χ2v) is 6.24. The van der Waals surface area contributed by atoms with E-state index in [4.69, 9.17) is 25.6 Å². The van der Waals surface area contributed by atoms with Crippen LogP contribution in [0.25, 0.3) is 0 Å². The summed E-state index contributed by atoms with van der Waals surface area (Å²) in [7, 11) is -0.636. The highest BCUT2D eigenvalue weighted by Gasteiger charge is 2.51. The summed E-state index contributed by atoms with van der Waals surface area (Å²) in [5.74, 6) is -0.446. The number of ether oxygens (including phenoxy) is 1. The molecule has 1 aliphatic heterocycles. The van der Waals surface area contributed by atoms with Crippen LogP contribution in [-0.4, -0.2) is 24.9 Å². The fourth-order valence-corrected chi connectivity index (χ4v) is 2.25. The summed E-state index contributed by atoms with van der Waals surface area (Å²) in [4.78, 5) is 0. The first kappa shape index (κ1) is 15.6. The number of halogens is 2. The Bertz CT molecular complexity index is 480. The normalized spacial score (nSPS) is 20.2. The Morgan fingerprint density at radius 2 is 1.75 bits per heavy atom. The van der Waals surface area contributed by atoms with Crippen LogP contribution < -0.4 is 10.2 Å². The molecule has 0 saturated carbocycles. The fraction of sp³-hybridized carbons (Fsp3) is 0.571. The van der Waals surface area contributed by atoms with Crippen molar-refractivity contribution in [2.45, 2.75) is 45.8 Å². The van der Waals surface area contributed by atoms with Crippen molar-refractivity contribution in [1.82, 2.24) is 0 Å². The summed E-state index contributed by atoms with van der Waals surface area (Å²) in [6.07, 6.45) is 0. The first-order valence-electron chi connectivity index (χ1n) is 6.65. The van der Waals surface area contributed by atoms with Crippen molar-refractivity contribution in [1.29, 1.82) is 0 Å². The molecule has 1 aromatic rings. The predicted octanol–water partition coefficient (Wildman–Crippen LogP) is 3.18. The molecule has 2 rings (SSSR count). The minimum atomic E-state index is -0.636. The topological polar surface area (TPSA) is 27.7 Å². The lowest BCUT2D eigenvalue weighted by Gasteiger charge is -2.32. The van der Waals surface area contributed by atoms with Gasteiger partial charge < -0.3 is 14.0 Å². The molecule has 1 fully saturated rings. The monoisotopic (exact) mass is 300 g/mol. The van der Waals surface area contributed by atoms with E-state index >= 15 is 0 Å². The molecule has 0 spiro atoms. The van der Waals surface area contributed by atoms with Crippen molar-refractivity contribution in [3.8, 4) is 5.75 Å². The van der Waals surface area contributed by atoms with Crippen LogP contribution in [0.2, 0.25) is 5.02 Å². The van der Waals surface area contributed by atoms with Crippen molar-refractivity contribution in [3.05, 3.63) is 23.0 Å². The second-order valence-electron chi connectivity index (χ2n) is 5.83. The number of hydrogen-bond donors (Lipinski definition) is 0. The zero-order valence-electron chi connectivity index (χ0n) is 12.4. The molecule has 0 atom stereocenters. The zero-order valence-corrected chi connectivity index (χ0v) is 13.2. The molecule has 0 N–H and O–H groups in total. The highest BCUT2D eigenvalue weighted by atomic mass is 35.5. The summed E-state index contributed by atoms with van der Waals surface area (Å²) in [6.45, 7) is 9.91. The van der Waals surface area contributed by atoms with Gasteiger partial charge in [-0.05, 0) is 52.2 Å². The van der Waals surface area contributed by atoms with Crippen molar-refractivity contribution >= 4 is 24.2 Å². The molecular weight excluding hydrogens is 281 g/mol. The molecule has 0 radical (unpaired) electrons. The van der Waals surface area contributed by atoms with Crippen LogP contribution in [0.5, 0.6) is 5.75 Å². The summed E-state index contributed by atoms with van der Waals surface area (Å²) in [6, 6.07) is 2.97. The van der Waals surface area contributed by atoms with E-state index < -0.39 is 24.1 Å². The largest absolute Gasteiger partial charge is 0.494 e. The average molecular weight is 301 g/mol. The maximum absolute atomic E-state index is 14.0. The van der Waals surface area contributed by atoms with Gasteiger partial charge in [-0.2, -0.15) is 0 Å². The standard InChI is InChI=1S/C14H19BClFO3/c1-6-18-12-10(16)7-9(8-11(12)17)15-19-13(2,3)14(4,5)20-15/h7-8H,6H2,1-5H3. The summed E-state index contributed by atoms with van der Waals surface area (Å²) in [5, 5.41) is 0.219. The third kappa shape index (κ3) is 2.67. The molecular formula is C14H19BClFO3. The Morgan fingerprint density at radius 3 is 2.20 bits per heavy atom. The van der Waals surface area contributed by atoms with Crippen molar-refractivity contribution in [2.75, 3.05) is 6.61 Å². The van der Waals surface area contributed by atoms with Crippen LogP contribution in [0.1, 0.15) is 34.6 Å². The van der Waals surface area contributed by atoms with Gasteiger partial charge in [0.15, 0.2) is 11.6 Å². The van der Waals surface area contributed by atoms with E-state index in [1.807, 2.05) is 27.7 Å². The quantitative estimate of drug-likeness (QED) is 0.803. The SMILES string of the molecule is CCOc1c(F)cc(B2OC(C)(C)C(C)(C)O2)cc1Cl. The highest BCUT2D eigenvalue weighted by molar-refractivity contribution is 6.62. The van der Waals surface area contributed by atoms with Gasteiger partial charge in [-0.1, -0.05) is 11.6 Å². The van der Waals surface area contributed by atoms with Crippen LogP contribution in [-0.2, 0) is 9.31 Å². The van der Waals surface area contributed by atoms with Crippen LogP contribution in [0.3, 0.4) is 0 Å². The summed E-state index contributed by atoms with van der Waals surface area (Å²) in [5.41, 5.74) is -0.395. The molecule has 0 unspecified atom stereocenters. The van der Waals surface area contributed by atoms with E-state index in [9.17, 15) is 4.39 Å². The molecule has 0 aliphatic carbocycles. The molecule has 20 heavy (non-hydrogen) atoms. The Kier molecular flexibility index (Phi) is 4.06. The molecule has 1 aromatic carbocycles. The minimum absolute atomic E-state index is 0.0643. The van der Waals surface area contributed by atoms with Gasteiger partial charge in [0.25, 0.3) is 0 Å². The second kappa shape index (κ2) is 5.21. The third-order valence-electron chi connectivity index (χ3n) is 3.83. The van der Waals surface area contributed by atoms with E-state index in [0.717, 1.165) is 0 Å². The molecule has 3 nitrogen and oxygen atoms in total. The van der Waals surface area contributed by atoms with E-state index in [1.165, 1.54) is 6.07 Å². The van der Waals surface area contributed by atoms with Crippen molar-refractivity contribution in [2.24, 2.45) is 0 Å². The van der Waals surface area contributed by atoms with Crippen LogP contribution in [0.4, 0.5) is 4.39 Å². The van der Waals surface area contributed by atoms with E-state index in [2.05, 4.69) is 0 Å². The Hall–Kier alpha value is -0.775. The molecule has 1 aliphatic rings. The van der Waals surface area contributed by atoms with Gasteiger partial charge in [-0.15, -0.1) is 0 Å². The lowest BCUT2D eigenvalue weighted by atomic mass is 9.79. The van der Waals surface area contributed by atoms with Gasteiger partial charge in [0.1, 0.15) is 0 Å². The maximum Gasteiger partial charge on any atom is 0.494 e. The Morgan fingerprint density at radius 1 is 1.20 bits per heavy atom. The van der Waals surface area contributed by atoms with E-state index in [1.54, 1.807) is 13.0 Å². The number of rotatable bonds is 3. The molecule has 110 valence electrons. The van der Waals surface area contributed by atoms with Gasteiger partial charge in [-0.3, -0.25) is 0 Å². The highest BCUT2D eigenvalue weighted by Crippen LogP contribution is 2.37. The van der Waals surface area contributed by atoms with Crippen molar-refractivity contribution in [3.63, 3.8) is 0 Å². The molecule has 0 amide bonds. The van der Waals surface area contributed by atoms with Gasteiger partial charge in [-0.25, -0.2) is 4.39 Å². The number of benzene rings is 1. The zero-order chi connectivity index (χ0) is 15.1. The predicted molar refractivity (Wildman–Crippen MR) is 78.3 cm³/mol. The Labute approximate surface area is 124 Å². The van der Waals surface area contributed by atoms with E-state index in [-0.39, 0.29) is 10.8 Å². The van der Waals surface area contributed by atoms with E-state index in [0.29, 0.717) is 12.1 Å². The van der Waals surface area contributed by atoms with Gasteiger partial charge >= 0.3 is 7.12 Å².